The van der Waals surface area contributed by atoms with Crippen LogP contribution in [0, 0.1) is 0 Å². The van der Waals surface area contributed by atoms with E-state index < -0.39 is 0 Å². The Hall–Kier alpha value is -1.71. The molecule has 2 rings (SSSR count). The smallest absolute Gasteiger partial charge is 0.221 e. The molecule has 0 aliphatic rings. The molecule has 9 heteroatoms. The predicted octanol–water partition coefficient (Wildman–Crippen LogP) is 1.28. The van der Waals surface area contributed by atoms with E-state index >= 15 is 0 Å². The average Bonchev–Trinajstić information content (AvgIpc) is 2.61. The molecule has 0 aliphatic heterocycles. The molecule has 0 unspecified atom stereocenters. The Kier molecular flexibility index (Phi) is 7.78. The van der Waals surface area contributed by atoms with Crippen LogP contribution in [0.5, 0.6) is 0 Å². The van der Waals surface area contributed by atoms with Gasteiger partial charge in [0.05, 0.1) is 0 Å². The van der Waals surface area contributed by atoms with E-state index in [4.69, 9.17) is 5.73 Å². The van der Waals surface area contributed by atoms with Gasteiger partial charge in [0, 0.05) is 36.6 Å². The van der Waals surface area contributed by atoms with Crippen LogP contribution in [0.2, 0.25) is 0 Å². The summed E-state index contributed by atoms with van der Waals surface area (Å²) in [6, 6.07) is 7.63. The lowest BCUT2D eigenvalue weighted by atomic mass is 10.1. The first-order valence-electron chi connectivity index (χ1n) is 7.10. The molecule has 2 aromatic rings. The molecule has 7 nitrogen and oxygen atoms in total. The molecule has 0 bridgehead atoms. The van der Waals surface area contributed by atoms with Gasteiger partial charge in [0.25, 0.3) is 0 Å². The molecule has 1 aromatic carbocycles. The van der Waals surface area contributed by atoms with Gasteiger partial charge in [0.15, 0.2) is 6.33 Å². The van der Waals surface area contributed by atoms with Crippen LogP contribution < -0.4 is 11.1 Å². The Bertz CT molecular complexity index is 596. The average molecular weight is 350 g/mol. The number of hydrogen-bond donors (Lipinski definition) is 2. The third kappa shape index (κ3) is 6.51. The molecule has 1 aromatic heterocycles. The van der Waals surface area contributed by atoms with Gasteiger partial charge in [-0.15, -0.1) is 20.4 Å². The third-order valence-corrected chi connectivity index (χ3v) is 5.25. The molecule has 23 heavy (non-hydrogen) atoms. The van der Waals surface area contributed by atoms with Crippen LogP contribution in [0.1, 0.15) is 12.0 Å². The molecule has 0 saturated heterocycles. The second kappa shape index (κ2) is 10.1. The first kappa shape index (κ1) is 17.6. The number of benzene rings is 1. The van der Waals surface area contributed by atoms with E-state index in [1.165, 1.54) is 6.33 Å². The molecular weight excluding hydrogens is 332 g/mol. The van der Waals surface area contributed by atoms with E-state index in [2.05, 4.69) is 25.7 Å². The lowest BCUT2D eigenvalue weighted by Crippen LogP contribution is -2.22. The van der Waals surface area contributed by atoms with E-state index in [-0.39, 0.29) is 5.91 Å². The number of carbonyl (C=O) groups is 1. The minimum absolute atomic E-state index is 0.0507. The van der Waals surface area contributed by atoms with Gasteiger partial charge in [-0.25, -0.2) is 0 Å². The molecule has 0 aliphatic carbocycles. The van der Waals surface area contributed by atoms with E-state index in [0.29, 0.717) is 25.3 Å². The van der Waals surface area contributed by atoms with Crippen LogP contribution in [0.15, 0.2) is 30.6 Å². The molecule has 1 amide bonds. The van der Waals surface area contributed by atoms with Crippen LogP contribution >= 0.6 is 21.6 Å². The third-order valence-electron chi connectivity index (χ3n) is 2.81. The fraction of sp³-hybridized carbons (Fsp3) is 0.357. The Labute approximate surface area is 142 Å². The summed E-state index contributed by atoms with van der Waals surface area (Å²) in [5, 5.41) is 18.1. The van der Waals surface area contributed by atoms with Gasteiger partial charge in [0.2, 0.25) is 11.7 Å². The monoisotopic (exact) mass is 350 g/mol. The van der Waals surface area contributed by atoms with Crippen molar-refractivity contribution in [3.63, 3.8) is 0 Å². The highest BCUT2D eigenvalue weighted by atomic mass is 33.1. The summed E-state index contributed by atoms with van der Waals surface area (Å²) in [6.45, 7) is 1.17. The summed E-state index contributed by atoms with van der Waals surface area (Å²) in [5.41, 5.74) is 7.26. The zero-order chi connectivity index (χ0) is 16.3. The number of nitrogens with one attached hydrogen (secondary N) is 1. The van der Waals surface area contributed by atoms with E-state index in [1.54, 1.807) is 21.6 Å². The summed E-state index contributed by atoms with van der Waals surface area (Å²) >= 11 is 0. The minimum atomic E-state index is 0.0507. The van der Waals surface area contributed by atoms with Crippen molar-refractivity contribution in [1.82, 2.24) is 25.7 Å². The standard InChI is InChI=1S/C14H18N6OS2/c15-6-8-23-22-7-5-13(21)16-9-11-1-3-12(4-2-11)14-19-17-10-18-20-14/h1-4,10H,5-9,15H2,(H,16,21). The summed E-state index contributed by atoms with van der Waals surface area (Å²) in [4.78, 5) is 11.7. The quantitative estimate of drug-likeness (QED) is 0.514. The van der Waals surface area contributed by atoms with Crippen molar-refractivity contribution in [2.24, 2.45) is 5.73 Å². The summed E-state index contributed by atoms with van der Waals surface area (Å²) in [7, 11) is 3.38. The van der Waals surface area contributed by atoms with Gasteiger partial charge in [-0.1, -0.05) is 45.9 Å². The number of hydrogen-bond acceptors (Lipinski definition) is 8. The largest absolute Gasteiger partial charge is 0.352 e. The Morgan fingerprint density at radius 2 is 1.78 bits per heavy atom. The molecule has 3 N–H and O–H groups in total. The molecule has 122 valence electrons. The van der Waals surface area contributed by atoms with Crippen LogP contribution in [-0.4, -0.2) is 44.4 Å². The zero-order valence-corrected chi connectivity index (χ0v) is 14.1. The van der Waals surface area contributed by atoms with Gasteiger partial charge < -0.3 is 11.1 Å². The van der Waals surface area contributed by atoms with Crippen LogP contribution in [0.4, 0.5) is 0 Å². The number of carbonyl (C=O) groups excluding carboxylic acids is 1. The molecule has 0 saturated carbocycles. The van der Waals surface area contributed by atoms with Crippen molar-refractivity contribution in [3.05, 3.63) is 36.2 Å². The van der Waals surface area contributed by atoms with Crippen molar-refractivity contribution >= 4 is 27.5 Å². The highest BCUT2D eigenvalue weighted by molar-refractivity contribution is 8.76. The number of nitrogens with two attached hydrogens (primary N) is 1. The van der Waals surface area contributed by atoms with Gasteiger partial charge >= 0.3 is 0 Å². The molecule has 0 atom stereocenters. The van der Waals surface area contributed by atoms with E-state index in [1.807, 2.05) is 24.3 Å². The highest BCUT2D eigenvalue weighted by Gasteiger charge is 2.04. The molecular formula is C14H18N6OS2. The van der Waals surface area contributed by atoms with E-state index in [9.17, 15) is 4.79 Å². The normalized spacial score (nSPS) is 10.5. The molecule has 0 fully saturated rings. The van der Waals surface area contributed by atoms with Gasteiger partial charge in [0.1, 0.15) is 0 Å². The van der Waals surface area contributed by atoms with Crippen LogP contribution in [-0.2, 0) is 11.3 Å². The maximum atomic E-state index is 11.7. The SMILES string of the molecule is NCCSSCCC(=O)NCc1ccc(-c2nncnn2)cc1. The van der Waals surface area contributed by atoms with Gasteiger partial charge in [-0.3, -0.25) is 4.79 Å². The fourth-order valence-corrected chi connectivity index (χ4v) is 3.53. The van der Waals surface area contributed by atoms with Crippen molar-refractivity contribution in [2.45, 2.75) is 13.0 Å². The Morgan fingerprint density at radius 1 is 1.09 bits per heavy atom. The molecule has 0 spiro atoms. The minimum Gasteiger partial charge on any atom is -0.352 e. The fourth-order valence-electron chi connectivity index (χ4n) is 1.68. The van der Waals surface area contributed by atoms with Crippen molar-refractivity contribution < 1.29 is 4.79 Å². The number of nitrogens with zero attached hydrogens (tertiary/aromatic N) is 4. The maximum Gasteiger partial charge on any atom is 0.221 e. The number of aromatic nitrogens is 4. The summed E-state index contributed by atoms with van der Waals surface area (Å²) in [5.74, 6) is 2.24. The lowest BCUT2D eigenvalue weighted by Gasteiger charge is -2.06. The van der Waals surface area contributed by atoms with E-state index in [0.717, 1.165) is 22.6 Å². The molecule has 0 radical (unpaired) electrons. The Morgan fingerprint density at radius 3 is 2.48 bits per heavy atom. The maximum absolute atomic E-state index is 11.7. The zero-order valence-electron chi connectivity index (χ0n) is 12.5. The first-order chi connectivity index (χ1) is 11.3. The first-order valence-corrected chi connectivity index (χ1v) is 9.59. The second-order valence-electron chi connectivity index (χ2n) is 4.53. The van der Waals surface area contributed by atoms with Crippen LogP contribution in [0.25, 0.3) is 11.4 Å². The van der Waals surface area contributed by atoms with Crippen LogP contribution in [0.3, 0.4) is 0 Å². The van der Waals surface area contributed by atoms with Crippen molar-refractivity contribution in [3.8, 4) is 11.4 Å². The van der Waals surface area contributed by atoms with Gasteiger partial charge in [-0.05, 0) is 5.56 Å². The number of amides is 1. The highest BCUT2D eigenvalue weighted by Crippen LogP contribution is 2.20. The van der Waals surface area contributed by atoms with Crippen molar-refractivity contribution in [1.29, 1.82) is 0 Å². The predicted molar refractivity (Wildman–Crippen MR) is 93.5 cm³/mol. The number of rotatable bonds is 9. The lowest BCUT2D eigenvalue weighted by molar-refractivity contribution is -0.120. The van der Waals surface area contributed by atoms with Gasteiger partial charge in [-0.2, -0.15) is 0 Å². The van der Waals surface area contributed by atoms with Crippen molar-refractivity contribution in [2.75, 3.05) is 18.1 Å². The Balaban J connectivity index is 1.73. The molecule has 1 heterocycles. The summed E-state index contributed by atoms with van der Waals surface area (Å²) < 4.78 is 0. The summed E-state index contributed by atoms with van der Waals surface area (Å²) in [6.07, 6.45) is 1.80. The second-order valence-corrected chi connectivity index (χ2v) is 7.23. The topological polar surface area (TPSA) is 107 Å².